The van der Waals surface area contributed by atoms with Gasteiger partial charge >= 0.3 is 0 Å². The number of ether oxygens (including phenoxy) is 1. The first-order valence-electron chi connectivity index (χ1n) is 6.10. The fourth-order valence-corrected chi connectivity index (χ4v) is 1.76. The van der Waals surface area contributed by atoms with Gasteiger partial charge in [-0.05, 0) is 29.8 Å². The van der Waals surface area contributed by atoms with Crippen LogP contribution in [0.4, 0.5) is 11.4 Å². The number of nitrogens with one attached hydrogen (secondary N) is 1. The molecule has 0 aliphatic carbocycles. The van der Waals surface area contributed by atoms with Crippen molar-refractivity contribution in [3.63, 3.8) is 0 Å². The summed E-state index contributed by atoms with van der Waals surface area (Å²) in [4.78, 5) is 11.9. The van der Waals surface area contributed by atoms with E-state index in [2.05, 4.69) is 5.32 Å². The molecule has 1 amide bonds. The van der Waals surface area contributed by atoms with Crippen molar-refractivity contribution in [2.24, 2.45) is 0 Å². The van der Waals surface area contributed by atoms with Crippen molar-refractivity contribution in [2.45, 2.75) is 6.42 Å². The Morgan fingerprint density at radius 2 is 1.95 bits per heavy atom. The van der Waals surface area contributed by atoms with E-state index in [1.54, 1.807) is 49.6 Å². The maximum atomic E-state index is 11.9. The highest BCUT2D eigenvalue weighted by molar-refractivity contribution is 5.95. The first-order chi connectivity index (χ1) is 9.58. The number of nitrogen functional groups attached to an aromatic ring is 1. The Hall–Kier alpha value is -2.69. The minimum atomic E-state index is -0.185. The summed E-state index contributed by atoms with van der Waals surface area (Å²) in [5.74, 6) is 0.612. The molecule has 5 nitrogen and oxygen atoms in total. The molecule has 0 bridgehead atoms. The fraction of sp³-hybridized carbons (Fsp3) is 0.133. The van der Waals surface area contributed by atoms with Crippen LogP contribution >= 0.6 is 0 Å². The molecule has 0 spiro atoms. The van der Waals surface area contributed by atoms with Crippen LogP contribution in [0.1, 0.15) is 5.56 Å². The van der Waals surface area contributed by atoms with Gasteiger partial charge in [0.1, 0.15) is 11.5 Å². The molecule has 0 aromatic heterocycles. The van der Waals surface area contributed by atoms with Crippen LogP contribution < -0.4 is 15.8 Å². The molecule has 0 saturated heterocycles. The third-order valence-electron chi connectivity index (χ3n) is 2.84. The quantitative estimate of drug-likeness (QED) is 0.745. The van der Waals surface area contributed by atoms with Crippen LogP contribution in [0.2, 0.25) is 0 Å². The predicted molar refractivity (Wildman–Crippen MR) is 77.8 cm³/mol. The summed E-state index contributed by atoms with van der Waals surface area (Å²) in [6, 6.07) is 11.6. The normalized spacial score (nSPS) is 10.1. The van der Waals surface area contributed by atoms with Gasteiger partial charge in [0.05, 0.1) is 24.9 Å². The van der Waals surface area contributed by atoms with Crippen molar-refractivity contribution in [3.8, 4) is 11.5 Å². The van der Waals surface area contributed by atoms with Crippen molar-refractivity contribution in [1.82, 2.24) is 0 Å². The van der Waals surface area contributed by atoms with E-state index in [0.29, 0.717) is 17.1 Å². The van der Waals surface area contributed by atoms with Gasteiger partial charge in [0.2, 0.25) is 5.91 Å². The van der Waals surface area contributed by atoms with Gasteiger partial charge in [0, 0.05) is 6.07 Å². The second kappa shape index (κ2) is 5.97. The Morgan fingerprint density at radius 1 is 1.25 bits per heavy atom. The van der Waals surface area contributed by atoms with Crippen LogP contribution in [0.15, 0.2) is 42.5 Å². The maximum absolute atomic E-state index is 11.9. The lowest BCUT2D eigenvalue weighted by Crippen LogP contribution is -2.15. The molecule has 2 aromatic carbocycles. The number of phenols is 1. The van der Waals surface area contributed by atoms with E-state index in [9.17, 15) is 9.90 Å². The molecular weight excluding hydrogens is 256 g/mol. The number of aromatic hydroxyl groups is 1. The Labute approximate surface area is 117 Å². The highest BCUT2D eigenvalue weighted by Crippen LogP contribution is 2.24. The Kier molecular flexibility index (Phi) is 4.10. The van der Waals surface area contributed by atoms with Gasteiger partial charge in [-0.1, -0.05) is 12.1 Å². The molecule has 4 N–H and O–H groups in total. The molecular formula is C15H16N2O3. The number of hydrogen-bond donors (Lipinski definition) is 3. The van der Waals surface area contributed by atoms with E-state index in [4.69, 9.17) is 10.5 Å². The number of carbonyl (C=O) groups is 1. The summed E-state index contributed by atoms with van der Waals surface area (Å²) in [6.45, 7) is 0. The van der Waals surface area contributed by atoms with Crippen molar-refractivity contribution in [1.29, 1.82) is 0 Å². The van der Waals surface area contributed by atoms with E-state index in [-0.39, 0.29) is 18.1 Å². The number of carbonyl (C=O) groups excluding carboxylic acids is 1. The van der Waals surface area contributed by atoms with Crippen molar-refractivity contribution in [3.05, 3.63) is 48.0 Å². The zero-order valence-electron chi connectivity index (χ0n) is 11.1. The largest absolute Gasteiger partial charge is 0.508 e. The second-order valence-electron chi connectivity index (χ2n) is 4.34. The summed E-state index contributed by atoms with van der Waals surface area (Å²) in [5.41, 5.74) is 7.61. The van der Waals surface area contributed by atoms with Gasteiger partial charge in [-0.15, -0.1) is 0 Å². The molecule has 0 atom stereocenters. The van der Waals surface area contributed by atoms with E-state index >= 15 is 0 Å². The highest BCUT2D eigenvalue weighted by Gasteiger charge is 2.07. The molecule has 0 saturated carbocycles. The van der Waals surface area contributed by atoms with Crippen LogP contribution in [-0.4, -0.2) is 18.1 Å². The van der Waals surface area contributed by atoms with Crippen molar-refractivity contribution in [2.75, 3.05) is 18.2 Å². The zero-order valence-corrected chi connectivity index (χ0v) is 11.1. The average molecular weight is 272 g/mol. The molecule has 2 aromatic rings. The highest BCUT2D eigenvalue weighted by atomic mass is 16.5. The molecule has 0 fully saturated rings. The molecule has 0 heterocycles. The first-order valence-corrected chi connectivity index (χ1v) is 6.10. The van der Waals surface area contributed by atoms with Crippen molar-refractivity contribution < 1.29 is 14.6 Å². The summed E-state index contributed by atoms with van der Waals surface area (Å²) in [6.07, 6.45) is 0.205. The van der Waals surface area contributed by atoms with Gasteiger partial charge in [0.25, 0.3) is 0 Å². The number of anilines is 2. The van der Waals surface area contributed by atoms with Crippen molar-refractivity contribution >= 4 is 17.3 Å². The average Bonchev–Trinajstić information content (AvgIpc) is 2.44. The molecule has 20 heavy (non-hydrogen) atoms. The SMILES string of the molecule is COc1ccc(N)c(NC(=O)Cc2ccc(O)cc2)c1. The lowest BCUT2D eigenvalue weighted by molar-refractivity contribution is -0.115. The van der Waals surface area contributed by atoms with Crippen LogP contribution in [0.25, 0.3) is 0 Å². The topological polar surface area (TPSA) is 84.6 Å². The Balaban J connectivity index is 2.06. The predicted octanol–water partition coefficient (Wildman–Crippen LogP) is 2.16. The summed E-state index contributed by atoms with van der Waals surface area (Å²) in [5, 5.41) is 11.9. The smallest absolute Gasteiger partial charge is 0.228 e. The van der Waals surface area contributed by atoms with E-state index in [0.717, 1.165) is 5.56 Å². The molecule has 0 aliphatic heterocycles. The van der Waals surface area contributed by atoms with Gasteiger partial charge in [0.15, 0.2) is 0 Å². The zero-order chi connectivity index (χ0) is 14.5. The number of hydrogen-bond acceptors (Lipinski definition) is 4. The number of amides is 1. The standard InChI is InChI=1S/C15H16N2O3/c1-20-12-6-7-13(16)14(9-12)17-15(19)8-10-2-4-11(18)5-3-10/h2-7,9,18H,8,16H2,1H3,(H,17,19). The Morgan fingerprint density at radius 3 is 2.60 bits per heavy atom. The minimum absolute atomic E-state index is 0.172. The lowest BCUT2D eigenvalue weighted by Gasteiger charge is -2.10. The monoisotopic (exact) mass is 272 g/mol. The first kappa shape index (κ1) is 13.7. The summed E-state index contributed by atoms with van der Waals surface area (Å²) in [7, 11) is 1.55. The molecule has 2 rings (SSSR count). The molecule has 0 radical (unpaired) electrons. The van der Waals surface area contributed by atoms with E-state index in [1.807, 2.05) is 0 Å². The molecule has 0 aliphatic rings. The van der Waals surface area contributed by atoms with Crippen LogP contribution in [-0.2, 0) is 11.2 Å². The van der Waals surface area contributed by atoms with Gasteiger partial charge < -0.3 is 20.9 Å². The van der Waals surface area contributed by atoms with Crippen LogP contribution in [0, 0.1) is 0 Å². The van der Waals surface area contributed by atoms with E-state index in [1.165, 1.54) is 0 Å². The number of phenolic OH excluding ortho intramolecular Hbond substituents is 1. The van der Waals surface area contributed by atoms with Crippen LogP contribution in [0.3, 0.4) is 0 Å². The third-order valence-corrected chi connectivity index (χ3v) is 2.84. The summed E-state index contributed by atoms with van der Waals surface area (Å²) >= 11 is 0. The number of benzene rings is 2. The minimum Gasteiger partial charge on any atom is -0.508 e. The van der Waals surface area contributed by atoms with E-state index < -0.39 is 0 Å². The van der Waals surface area contributed by atoms with Gasteiger partial charge in [-0.25, -0.2) is 0 Å². The maximum Gasteiger partial charge on any atom is 0.228 e. The summed E-state index contributed by atoms with van der Waals surface area (Å²) < 4.78 is 5.09. The molecule has 0 unspecified atom stereocenters. The number of rotatable bonds is 4. The fourth-order valence-electron chi connectivity index (χ4n) is 1.76. The van der Waals surface area contributed by atoms with Gasteiger partial charge in [-0.3, -0.25) is 4.79 Å². The number of nitrogens with two attached hydrogens (primary N) is 1. The Bertz CT molecular complexity index is 609. The van der Waals surface area contributed by atoms with Crippen LogP contribution in [0.5, 0.6) is 11.5 Å². The molecule has 104 valence electrons. The third kappa shape index (κ3) is 3.41. The lowest BCUT2D eigenvalue weighted by atomic mass is 10.1. The molecule has 5 heteroatoms. The second-order valence-corrected chi connectivity index (χ2v) is 4.34. The van der Waals surface area contributed by atoms with Gasteiger partial charge in [-0.2, -0.15) is 0 Å². The number of methoxy groups -OCH3 is 1.